The molecule has 0 aliphatic carbocycles. The van der Waals surface area contributed by atoms with Gasteiger partial charge in [-0.05, 0) is 38.1 Å². The van der Waals surface area contributed by atoms with Crippen LogP contribution in [0, 0.1) is 0 Å². The Labute approximate surface area is 117 Å². The van der Waals surface area contributed by atoms with E-state index < -0.39 is 5.60 Å². The fourth-order valence-electron chi connectivity index (χ4n) is 2.48. The molecule has 0 radical (unpaired) electrons. The van der Waals surface area contributed by atoms with Crippen LogP contribution in [0.4, 0.5) is 0 Å². The predicted octanol–water partition coefficient (Wildman–Crippen LogP) is 2.73. The molecule has 1 aliphatic rings. The number of benzene rings is 1. The monoisotopic (exact) mass is 271 g/mol. The van der Waals surface area contributed by atoms with Gasteiger partial charge in [0.2, 0.25) is 0 Å². The largest absolute Gasteiger partial charge is 0.497 e. The van der Waals surface area contributed by atoms with Gasteiger partial charge in [-0.15, -0.1) is 0 Å². The number of pyridine rings is 1. The Balaban J connectivity index is 2.41. The number of aromatic nitrogens is 1. The smallest absolute Gasteiger partial charge is 0.261 e. The van der Waals surface area contributed by atoms with Crippen LogP contribution in [-0.4, -0.2) is 17.3 Å². The standard InChI is InChI=1S/C16H17NO3/c1-16(2)8-7-12-14(20-16)11-6-5-10(19-4)9-13(11)17(3)15(12)18/h5-9H,1-4H3. The Hall–Kier alpha value is -2.23. The van der Waals surface area contributed by atoms with Crippen molar-refractivity contribution in [3.05, 3.63) is 40.2 Å². The van der Waals surface area contributed by atoms with Crippen LogP contribution in [0.2, 0.25) is 0 Å². The zero-order valence-electron chi connectivity index (χ0n) is 12.1. The Morgan fingerprint density at radius 1 is 1.30 bits per heavy atom. The molecule has 0 amide bonds. The lowest BCUT2D eigenvalue weighted by Gasteiger charge is -2.29. The number of ether oxygens (including phenoxy) is 2. The minimum atomic E-state index is -0.410. The second-order valence-corrected chi connectivity index (χ2v) is 5.53. The highest BCUT2D eigenvalue weighted by Crippen LogP contribution is 2.36. The van der Waals surface area contributed by atoms with Gasteiger partial charge in [0.05, 0.1) is 18.2 Å². The lowest BCUT2D eigenvalue weighted by atomic mass is 10.0. The molecule has 1 aromatic carbocycles. The van der Waals surface area contributed by atoms with Crippen molar-refractivity contribution in [3.8, 4) is 11.5 Å². The zero-order chi connectivity index (χ0) is 14.5. The number of hydrogen-bond acceptors (Lipinski definition) is 3. The third-order valence-electron chi connectivity index (χ3n) is 3.61. The first kappa shape index (κ1) is 12.8. The number of aryl methyl sites for hydroxylation is 1. The first-order valence-corrected chi connectivity index (χ1v) is 6.52. The summed E-state index contributed by atoms with van der Waals surface area (Å²) in [6.07, 6.45) is 3.76. The van der Waals surface area contributed by atoms with Crippen LogP contribution in [0.3, 0.4) is 0 Å². The molecule has 0 atom stereocenters. The molecule has 0 spiro atoms. The van der Waals surface area contributed by atoms with Gasteiger partial charge in [-0.25, -0.2) is 0 Å². The maximum absolute atomic E-state index is 12.4. The van der Waals surface area contributed by atoms with E-state index in [4.69, 9.17) is 9.47 Å². The van der Waals surface area contributed by atoms with E-state index in [-0.39, 0.29) is 5.56 Å². The van der Waals surface area contributed by atoms with Crippen LogP contribution in [0.1, 0.15) is 19.4 Å². The molecule has 0 bridgehead atoms. The molecular weight excluding hydrogens is 254 g/mol. The van der Waals surface area contributed by atoms with E-state index in [9.17, 15) is 4.79 Å². The summed E-state index contributed by atoms with van der Waals surface area (Å²) >= 11 is 0. The summed E-state index contributed by atoms with van der Waals surface area (Å²) in [7, 11) is 3.37. The van der Waals surface area contributed by atoms with Crippen molar-refractivity contribution >= 4 is 17.0 Å². The van der Waals surface area contributed by atoms with Crippen molar-refractivity contribution < 1.29 is 9.47 Å². The quantitative estimate of drug-likeness (QED) is 0.800. The van der Waals surface area contributed by atoms with Gasteiger partial charge >= 0.3 is 0 Å². The van der Waals surface area contributed by atoms with Crippen molar-refractivity contribution in [1.82, 2.24) is 4.57 Å². The lowest BCUT2D eigenvalue weighted by molar-refractivity contribution is 0.161. The van der Waals surface area contributed by atoms with Crippen molar-refractivity contribution in [2.24, 2.45) is 7.05 Å². The maximum atomic E-state index is 12.4. The van der Waals surface area contributed by atoms with Crippen molar-refractivity contribution in [2.45, 2.75) is 19.4 Å². The Morgan fingerprint density at radius 2 is 2.05 bits per heavy atom. The Kier molecular flexibility index (Phi) is 2.64. The molecule has 0 fully saturated rings. The van der Waals surface area contributed by atoms with Crippen molar-refractivity contribution in [1.29, 1.82) is 0 Å². The van der Waals surface area contributed by atoms with E-state index in [0.717, 1.165) is 16.7 Å². The molecule has 4 nitrogen and oxygen atoms in total. The second kappa shape index (κ2) is 4.13. The van der Waals surface area contributed by atoms with E-state index in [1.807, 2.05) is 44.2 Å². The molecule has 3 rings (SSSR count). The molecule has 0 N–H and O–H groups in total. The highest BCUT2D eigenvalue weighted by atomic mass is 16.5. The van der Waals surface area contributed by atoms with Crippen LogP contribution < -0.4 is 15.0 Å². The summed E-state index contributed by atoms with van der Waals surface area (Å²) in [4.78, 5) is 12.4. The second-order valence-electron chi connectivity index (χ2n) is 5.53. The molecule has 0 unspecified atom stereocenters. The highest BCUT2D eigenvalue weighted by Gasteiger charge is 2.26. The number of nitrogens with zero attached hydrogens (tertiary/aromatic N) is 1. The summed E-state index contributed by atoms with van der Waals surface area (Å²) in [5.74, 6) is 1.37. The molecule has 4 heteroatoms. The predicted molar refractivity (Wildman–Crippen MR) is 79.5 cm³/mol. The number of hydrogen-bond donors (Lipinski definition) is 0. The van der Waals surface area contributed by atoms with Gasteiger partial charge in [0, 0.05) is 18.5 Å². The maximum Gasteiger partial charge on any atom is 0.261 e. The van der Waals surface area contributed by atoms with Gasteiger partial charge < -0.3 is 14.0 Å². The van der Waals surface area contributed by atoms with E-state index in [0.29, 0.717) is 11.3 Å². The van der Waals surface area contributed by atoms with Crippen LogP contribution in [0.15, 0.2) is 29.1 Å². The Morgan fingerprint density at radius 3 is 2.75 bits per heavy atom. The highest BCUT2D eigenvalue weighted by molar-refractivity contribution is 5.90. The average Bonchev–Trinajstić information content (AvgIpc) is 2.43. The summed E-state index contributed by atoms with van der Waals surface area (Å²) < 4.78 is 12.9. The molecule has 0 saturated heterocycles. The van der Waals surface area contributed by atoms with Gasteiger partial charge in [0.1, 0.15) is 17.1 Å². The van der Waals surface area contributed by atoms with Gasteiger partial charge in [-0.2, -0.15) is 0 Å². The van der Waals surface area contributed by atoms with Gasteiger partial charge in [-0.3, -0.25) is 4.79 Å². The topological polar surface area (TPSA) is 40.5 Å². The van der Waals surface area contributed by atoms with Crippen LogP contribution in [0.5, 0.6) is 11.5 Å². The zero-order valence-corrected chi connectivity index (χ0v) is 12.1. The van der Waals surface area contributed by atoms with E-state index in [1.54, 1.807) is 18.7 Å². The van der Waals surface area contributed by atoms with Gasteiger partial charge in [0.15, 0.2) is 0 Å². The molecule has 1 aromatic heterocycles. The molecule has 0 saturated carbocycles. The van der Waals surface area contributed by atoms with Crippen LogP contribution in [-0.2, 0) is 7.05 Å². The minimum Gasteiger partial charge on any atom is -0.497 e. The normalized spacial score (nSPS) is 15.8. The molecule has 104 valence electrons. The van der Waals surface area contributed by atoms with E-state index >= 15 is 0 Å². The van der Waals surface area contributed by atoms with Gasteiger partial charge in [-0.1, -0.05) is 0 Å². The fourth-order valence-corrected chi connectivity index (χ4v) is 2.48. The number of rotatable bonds is 1. The Bertz CT molecular complexity index is 784. The number of fused-ring (bicyclic) bond motifs is 3. The average molecular weight is 271 g/mol. The first-order chi connectivity index (χ1) is 9.43. The van der Waals surface area contributed by atoms with E-state index in [2.05, 4.69) is 0 Å². The number of methoxy groups -OCH3 is 1. The van der Waals surface area contributed by atoms with Crippen LogP contribution >= 0.6 is 0 Å². The molecular formula is C16H17NO3. The third kappa shape index (κ3) is 1.80. The molecule has 20 heavy (non-hydrogen) atoms. The minimum absolute atomic E-state index is 0.0625. The summed E-state index contributed by atoms with van der Waals surface area (Å²) in [5, 5.41) is 0.917. The molecule has 2 aromatic rings. The first-order valence-electron chi connectivity index (χ1n) is 6.52. The van der Waals surface area contributed by atoms with Crippen LogP contribution in [0.25, 0.3) is 17.0 Å². The fraction of sp³-hybridized carbons (Fsp3) is 0.312. The van der Waals surface area contributed by atoms with Gasteiger partial charge in [0.25, 0.3) is 5.56 Å². The summed E-state index contributed by atoms with van der Waals surface area (Å²) in [5.41, 5.74) is 0.933. The van der Waals surface area contributed by atoms with Crippen molar-refractivity contribution in [2.75, 3.05) is 7.11 Å². The molecule has 2 heterocycles. The third-order valence-corrected chi connectivity index (χ3v) is 3.61. The summed E-state index contributed by atoms with van der Waals surface area (Å²) in [6, 6.07) is 5.66. The SMILES string of the molecule is COc1ccc2c3c(c(=O)n(C)c2c1)C=CC(C)(C)O3. The summed E-state index contributed by atoms with van der Waals surface area (Å²) in [6.45, 7) is 3.94. The van der Waals surface area contributed by atoms with Crippen molar-refractivity contribution in [3.63, 3.8) is 0 Å². The lowest BCUT2D eigenvalue weighted by Crippen LogP contribution is -2.31. The molecule has 1 aliphatic heterocycles. The van der Waals surface area contributed by atoms with E-state index in [1.165, 1.54) is 0 Å².